The number of nitrogens with zero attached hydrogens (tertiary/aromatic N) is 2. The van der Waals surface area contributed by atoms with Crippen molar-refractivity contribution in [3.8, 4) is 11.1 Å². The minimum Gasteiger partial charge on any atom is -0.310 e. The van der Waals surface area contributed by atoms with Crippen molar-refractivity contribution in [2.75, 3.05) is 4.90 Å². The Morgan fingerprint density at radius 3 is 1.92 bits per heavy atom. The van der Waals surface area contributed by atoms with E-state index >= 15 is 0 Å². The lowest BCUT2D eigenvalue weighted by Gasteiger charge is -2.25. The highest BCUT2D eigenvalue weighted by Crippen LogP contribution is 2.49. The molecule has 0 spiro atoms. The Morgan fingerprint density at radius 2 is 1.17 bits per heavy atom. The van der Waals surface area contributed by atoms with Crippen LogP contribution in [0.3, 0.4) is 0 Å². The average Bonchev–Trinajstić information content (AvgIpc) is 3.37. The summed E-state index contributed by atoms with van der Waals surface area (Å²) in [5, 5.41) is 7.85. The van der Waals surface area contributed by atoms with Gasteiger partial charge in [-0.1, -0.05) is 111 Å². The highest BCUT2D eigenvalue weighted by molar-refractivity contribution is 6.15. The average molecular weight is 615 g/mol. The third-order valence-electron chi connectivity index (χ3n) is 10.0. The number of pyridine rings is 1. The predicted octanol–water partition coefficient (Wildman–Crippen LogP) is 12.5. The molecule has 2 heteroatoms. The molecule has 7 aromatic carbocycles. The summed E-state index contributed by atoms with van der Waals surface area (Å²) in [7, 11) is 0. The second kappa shape index (κ2) is 11.1. The van der Waals surface area contributed by atoms with Crippen LogP contribution >= 0.6 is 0 Å². The van der Waals surface area contributed by atoms with Crippen molar-refractivity contribution >= 4 is 61.5 Å². The molecule has 0 radical (unpaired) electrons. The molecule has 0 fully saturated rings. The standard InChI is InChI=1S/C46H34N2/c1-46(2)42-15-9-10-32-19-20-35-27-37(29-43(46)45(35)44(32)42)36-21-24-38(47-30-36)23-17-31-16-18-34-28-41(25-22-33(34)26-31)48(39-11-5-3-6-12-39)40-13-7-4-8-14-40/h3-30H,1-2H3. The second-order valence-electron chi connectivity index (χ2n) is 13.3. The van der Waals surface area contributed by atoms with E-state index in [-0.39, 0.29) is 5.41 Å². The summed E-state index contributed by atoms with van der Waals surface area (Å²) in [5.74, 6) is 0. The first-order chi connectivity index (χ1) is 23.5. The molecule has 0 atom stereocenters. The molecule has 2 nitrogen and oxygen atoms in total. The summed E-state index contributed by atoms with van der Waals surface area (Å²) in [6.45, 7) is 4.70. The van der Waals surface area contributed by atoms with Gasteiger partial charge in [-0.25, -0.2) is 0 Å². The quantitative estimate of drug-likeness (QED) is 0.173. The maximum absolute atomic E-state index is 4.85. The summed E-state index contributed by atoms with van der Waals surface area (Å²) < 4.78 is 0. The maximum Gasteiger partial charge on any atom is 0.0630 e. The van der Waals surface area contributed by atoms with Crippen LogP contribution in [0.1, 0.15) is 36.2 Å². The summed E-state index contributed by atoms with van der Waals surface area (Å²) >= 11 is 0. The van der Waals surface area contributed by atoms with Crippen molar-refractivity contribution in [2.45, 2.75) is 19.3 Å². The van der Waals surface area contributed by atoms with E-state index in [0.29, 0.717) is 0 Å². The number of hydrogen-bond acceptors (Lipinski definition) is 2. The SMILES string of the molecule is CC1(C)c2cccc3ccc4cc(-c5ccc(C=Cc6ccc7cc(N(c8ccccc8)c8ccccc8)ccc7c6)nc5)cc1c4c23. The van der Waals surface area contributed by atoms with E-state index in [1.165, 1.54) is 49.0 Å². The van der Waals surface area contributed by atoms with Crippen LogP contribution in [0.5, 0.6) is 0 Å². The smallest absolute Gasteiger partial charge is 0.0630 e. The Bertz CT molecular complexity index is 2470. The van der Waals surface area contributed by atoms with Crippen LogP contribution in [-0.4, -0.2) is 4.98 Å². The Kier molecular flexibility index (Phi) is 6.51. The molecule has 0 unspecified atom stereocenters. The van der Waals surface area contributed by atoms with Gasteiger partial charge in [0.1, 0.15) is 0 Å². The Hall–Kier alpha value is -5.99. The maximum atomic E-state index is 4.85. The monoisotopic (exact) mass is 614 g/mol. The lowest BCUT2D eigenvalue weighted by atomic mass is 9.81. The van der Waals surface area contributed by atoms with Crippen LogP contribution in [0.4, 0.5) is 17.1 Å². The zero-order chi connectivity index (χ0) is 32.2. The van der Waals surface area contributed by atoms with Gasteiger partial charge in [-0.3, -0.25) is 4.98 Å². The van der Waals surface area contributed by atoms with Crippen LogP contribution in [0.2, 0.25) is 0 Å². The second-order valence-corrected chi connectivity index (χ2v) is 13.3. The zero-order valence-electron chi connectivity index (χ0n) is 27.1. The van der Waals surface area contributed by atoms with Crippen LogP contribution in [0.25, 0.3) is 55.6 Å². The van der Waals surface area contributed by atoms with Crippen molar-refractivity contribution < 1.29 is 0 Å². The summed E-state index contributed by atoms with van der Waals surface area (Å²) in [4.78, 5) is 7.15. The van der Waals surface area contributed by atoms with E-state index in [1.807, 2.05) is 6.20 Å². The molecule has 0 amide bonds. The fraction of sp³-hybridized carbons (Fsp3) is 0.0652. The lowest BCUT2D eigenvalue weighted by Crippen LogP contribution is -2.15. The highest BCUT2D eigenvalue weighted by Gasteiger charge is 2.34. The first kappa shape index (κ1) is 28.3. The zero-order valence-corrected chi connectivity index (χ0v) is 27.1. The van der Waals surface area contributed by atoms with Gasteiger partial charge >= 0.3 is 0 Å². The number of benzene rings is 7. The van der Waals surface area contributed by atoms with Gasteiger partial charge in [-0.15, -0.1) is 0 Å². The molecular weight excluding hydrogens is 581 g/mol. The number of anilines is 3. The first-order valence-electron chi connectivity index (χ1n) is 16.6. The predicted molar refractivity (Wildman–Crippen MR) is 204 cm³/mol. The van der Waals surface area contributed by atoms with E-state index in [0.717, 1.165) is 33.9 Å². The molecule has 0 bridgehead atoms. The lowest BCUT2D eigenvalue weighted by molar-refractivity contribution is 0.663. The molecule has 48 heavy (non-hydrogen) atoms. The number of fused-ring (bicyclic) bond motifs is 1. The van der Waals surface area contributed by atoms with Gasteiger partial charge in [-0.2, -0.15) is 0 Å². The molecule has 9 rings (SSSR count). The van der Waals surface area contributed by atoms with Gasteiger partial charge in [0.05, 0.1) is 5.69 Å². The van der Waals surface area contributed by atoms with Crippen LogP contribution in [0, 0.1) is 0 Å². The van der Waals surface area contributed by atoms with Crippen molar-refractivity contribution in [1.29, 1.82) is 0 Å². The van der Waals surface area contributed by atoms with Crippen LogP contribution in [0.15, 0.2) is 158 Å². The minimum atomic E-state index is -0.0296. The third kappa shape index (κ3) is 4.68. The number of para-hydroxylation sites is 2. The van der Waals surface area contributed by atoms with E-state index in [9.17, 15) is 0 Å². The molecule has 1 heterocycles. The Labute approximate surface area is 281 Å². The fourth-order valence-electron chi connectivity index (χ4n) is 7.52. The molecule has 1 aliphatic carbocycles. The first-order valence-corrected chi connectivity index (χ1v) is 16.6. The number of hydrogen-bond donors (Lipinski definition) is 0. The Morgan fingerprint density at radius 1 is 0.479 bits per heavy atom. The van der Waals surface area contributed by atoms with Crippen LogP contribution in [-0.2, 0) is 5.41 Å². The van der Waals surface area contributed by atoms with E-state index in [4.69, 9.17) is 4.98 Å². The van der Waals surface area contributed by atoms with E-state index in [2.05, 4.69) is 183 Å². The topological polar surface area (TPSA) is 16.1 Å². The molecule has 0 saturated heterocycles. The molecule has 1 aromatic heterocycles. The molecule has 228 valence electrons. The summed E-state index contributed by atoms with van der Waals surface area (Å²) in [6, 6.07) is 54.7. The highest BCUT2D eigenvalue weighted by atomic mass is 15.1. The van der Waals surface area contributed by atoms with Crippen molar-refractivity contribution in [2.24, 2.45) is 0 Å². The summed E-state index contributed by atoms with van der Waals surface area (Å²) in [5.41, 5.74) is 10.6. The molecule has 0 N–H and O–H groups in total. The largest absolute Gasteiger partial charge is 0.310 e. The third-order valence-corrected chi connectivity index (χ3v) is 10.0. The van der Waals surface area contributed by atoms with E-state index in [1.54, 1.807) is 0 Å². The number of aromatic nitrogens is 1. The molecule has 1 aliphatic rings. The molecule has 8 aromatic rings. The molecule has 0 aliphatic heterocycles. The van der Waals surface area contributed by atoms with E-state index < -0.39 is 0 Å². The van der Waals surface area contributed by atoms with Crippen molar-refractivity contribution in [3.63, 3.8) is 0 Å². The fourth-order valence-corrected chi connectivity index (χ4v) is 7.52. The Balaban J connectivity index is 0.984. The molecule has 0 saturated carbocycles. The van der Waals surface area contributed by atoms with Crippen LogP contribution < -0.4 is 4.90 Å². The van der Waals surface area contributed by atoms with Gasteiger partial charge in [0.25, 0.3) is 0 Å². The van der Waals surface area contributed by atoms with Gasteiger partial charge in [-0.05, 0) is 121 Å². The molecular formula is C46H34N2. The normalized spacial score (nSPS) is 13.3. The van der Waals surface area contributed by atoms with Gasteiger partial charge < -0.3 is 4.90 Å². The van der Waals surface area contributed by atoms with Crippen molar-refractivity contribution in [1.82, 2.24) is 4.98 Å². The number of rotatable bonds is 6. The van der Waals surface area contributed by atoms with Crippen molar-refractivity contribution in [3.05, 3.63) is 180 Å². The van der Waals surface area contributed by atoms with Gasteiger partial charge in [0.2, 0.25) is 0 Å². The van der Waals surface area contributed by atoms with Gasteiger partial charge in [0, 0.05) is 34.2 Å². The summed E-state index contributed by atoms with van der Waals surface area (Å²) in [6.07, 6.45) is 6.26. The van der Waals surface area contributed by atoms with Gasteiger partial charge in [0.15, 0.2) is 0 Å². The minimum absolute atomic E-state index is 0.0296.